The lowest BCUT2D eigenvalue weighted by molar-refractivity contribution is -0.00360. The highest BCUT2D eigenvalue weighted by molar-refractivity contribution is 5.97. The molecule has 1 aromatic carbocycles. The van der Waals surface area contributed by atoms with E-state index in [-0.39, 0.29) is 17.3 Å². The van der Waals surface area contributed by atoms with Crippen molar-refractivity contribution in [1.29, 1.82) is 0 Å². The second-order valence-electron chi connectivity index (χ2n) is 9.19. The van der Waals surface area contributed by atoms with Crippen molar-refractivity contribution in [2.45, 2.75) is 46.1 Å². The van der Waals surface area contributed by atoms with E-state index < -0.39 is 5.60 Å². The number of ketones is 1. The molecule has 148 valence electrons. The van der Waals surface area contributed by atoms with Gasteiger partial charge in [-0.2, -0.15) is 0 Å². The van der Waals surface area contributed by atoms with Crippen molar-refractivity contribution in [2.24, 2.45) is 11.3 Å². The predicted octanol–water partition coefficient (Wildman–Crippen LogP) is 3.84. The predicted molar refractivity (Wildman–Crippen MR) is 106 cm³/mol. The monoisotopic (exact) mass is 372 g/mol. The SMILES string of the molecule is C[C@@H]1CN(C(=O)OC(C)(C)C)CC[C@]12CCN(CC(=O)c1ccccc1)C2. The van der Waals surface area contributed by atoms with Crippen molar-refractivity contribution >= 4 is 11.9 Å². The maximum absolute atomic E-state index is 12.5. The van der Waals surface area contributed by atoms with Crippen molar-refractivity contribution in [1.82, 2.24) is 9.80 Å². The lowest BCUT2D eigenvalue weighted by Crippen LogP contribution is -2.50. The molecule has 1 spiro atoms. The highest BCUT2D eigenvalue weighted by Crippen LogP contribution is 2.44. The summed E-state index contributed by atoms with van der Waals surface area (Å²) in [6.45, 7) is 11.8. The van der Waals surface area contributed by atoms with Crippen LogP contribution in [0.3, 0.4) is 0 Å². The van der Waals surface area contributed by atoms with Gasteiger partial charge < -0.3 is 9.64 Å². The van der Waals surface area contributed by atoms with E-state index in [1.54, 1.807) is 0 Å². The molecule has 0 saturated carbocycles. The zero-order valence-electron chi connectivity index (χ0n) is 17.0. The van der Waals surface area contributed by atoms with E-state index in [0.29, 0.717) is 12.5 Å². The molecule has 2 aliphatic heterocycles. The number of carbonyl (C=O) groups is 2. The van der Waals surface area contributed by atoms with Crippen LogP contribution in [0, 0.1) is 11.3 Å². The molecule has 2 atom stereocenters. The molecular formula is C22H32N2O3. The highest BCUT2D eigenvalue weighted by Gasteiger charge is 2.46. The molecule has 0 radical (unpaired) electrons. The van der Waals surface area contributed by atoms with Crippen LogP contribution in [0.1, 0.15) is 50.9 Å². The molecule has 2 fully saturated rings. The number of hydrogen-bond donors (Lipinski definition) is 0. The van der Waals surface area contributed by atoms with Crippen molar-refractivity contribution in [3.63, 3.8) is 0 Å². The largest absolute Gasteiger partial charge is 0.444 e. The molecule has 5 nitrogen and oxygen atoms in total. The summed E-state index contributed by atoms with van der Waals surface area (Å²) >= 11 is 0. The van der Waals surface area contributed by atoms with E-state index in [2.05, 4.69) is 11.8 Å². The van der Waals surface area contributed by atoms with E-state index in [9.17, 15) is 9.59 Å². The highest BCUT2D eigenvalue weighted by atomic mass is 16.6. The van der Waals surface area contributed by atoms with Gasteiger partial charge in [0.05, 0.1) is 6.54 Å². The Kier molecular flexibility index (Phi) is 5.61. The zero-order chi connectivity index (χ0) is 19.7. The normalized spacial score (nSPS) is 26.4. The standard InChI is InChI=1S/C22H32N2O3/c1-17-14-24(20(26)27-21(2,3)4)13-11-22(17)10-12-23(16-22)15-19(25)18-8-6-5-7-9-18/h5-9,17H,10-16H2,1-4H3/t17-,22+/m1/s1. The number of rotatable bonds is 3. The van der Waals surface area contributed by atoms with E-state index in [1.807, 2.05) is 56.0 Å². The van der Waals surface area contributed by atoms with Crippen LogP contribution in [0.2, 0.25) is 0 Å². The number of likely N-dealkylation sites (tertiary alicyclic amines) is 2. The Hall–Kier alpha value is -1.88. The van der Waals surface area contributed by atoms with Crippen molar-refractivity contribution in [3.05, 3.63) is 35.9 Å². The molecule has 0 aromatic heterocycles. The number of hydrogen-bond acceptors (Lipinski definition) is 4. The van der Waals surface area contributed by atoms with Gasteiger partial charge in [0, 0.05) is 25.2 Å². The van der Waals surface area contributed by atoms with Crippen LogP contribution in [0.5, 0.6) is 0 Å². The summed E-state index contributed by atoms with van der Waals surface area (Å²) in [5.41, 5.74) is 0.527. The zero-order valence-corrected chi connectivity index (χ0v) is 17.0. The second kappa shape index (κ2) is 7.63. The first-order valence-electron chi connectivity index (χ1n) is 9.97. The lowest BCUT2D eigenvalue weighted by Gasteiger charge is -2.44. The van der Waals surface area contributed by atoms with Gasteiger partial charge >= 0.3 is 6.09 Å². The minimum absolute atomic E-state index is 0.187. The van der Waals surface area contributed by atoms with Crippen molar-refractivity contribution in [3.8, 4) is 0 Å². The van der Waals surface area contributed by atoms with Gasteiger partial charge in [-0.05, 0) is 51.5 Å². The number of nitrogens with zero attached hydrogens (tertiary/aromatic N) is 2. The van der Waals surface area contributed by atoms with E-state index in [4.69, 9.17) is 4.74 Å². The molecule has 3 rings (SSSR count). The van der Waals surface area contributed by atoms with Crippen LogP contribution in [0.15, 0.2) is 30.3 Å². The number of carbonyl (C=O) groups excluding carboxylic acids is 2. The molecule has 5 heteroatoms. The number of piperidine rings is 1. The molecule has 2 saturated heterocycles. The van der Waals surface area contributed by atoms with Gasteiger partial charge in [0.1, 0.15) is 5.60 Å². The van der Waals surface area contributed by atoms with Crippen LogP contribution in [0.4, 0.5) is 4.79 Å². The first-order chi connectivity index (χ1) is 12.7. The first-order valence-corrected chi connectivity index (χ1v) is 9.97. The Morgan fingerprint density at radius 3 is 2.44 bits per heavy atom. The molecule has 2 aliphatic rings. The van der Waals surface area contributed by atoms with Gasteiger partial charge in [-0.15, -0.1) is 0 Å². The summed E-state index contributed by atoms with van der Waals surface area (Å²) in [4.78, 5) is 29.0. The number of Topliss-reactive ketones (excluding diaryl/α,β-unsaturated/α-hetero) is 1. The van der Waals surface area contributed by atoms with E-state index >= 15 is 0 Å². The third kappa shape index (κ3) is 4.70. The molecule has 0 bridgehead atoms. The van der Waals surface area contributed by atoms with Crippen LogP contribution >= 0.6 is 0 Å². The lowest BCUT2D eigenvalue weighted by atomic mass is 9.70. The summed E-state index contributed by atoms with van der Waals surface area (Å²) in [7, 11) is 0. The van der Waals surface area contributed by atoms with Crippen LogP contribution in [-0.2, 0) is 4.74 Å². The third-order valence-electron chi connectivity index (χ3n) is 6.00. The fourth-order valence-corrected chi connectivity index (χ4v) is 4.36. The van der Waals surface area contributed by atoms with E-state index in [1.165, 1.54) is 0 Å². The summed E-state index contributed by atoms with van der Waals surface area (Å²) in [6, 6.07) is 9.52. The summed E-state index contributed by atoms with van der Waals surface area (Å²) < 4.78 is 5.53. The molecule has 0 N–H and O–H groups in total. The van der Waals surface area contributed by atoms with Gasteiger partial charge in [-0.25, -0.2) is 4.79 Å². The minimum Gasteiger partial charge on any atom is -0.444 e. The topological polar surface area (TPSA) is 49.9 Å². The minimum atomic E-state index is -0.461. The maximum atomic E-state index is 12.5. The van der Waals surface area contributed by atoms with Gasteiger partial charge in [0.2, 0.25) is 0 Å². The van der Waals surface area contributed by atoms with Gasteiger partial charge in [-0.3, -0.25) is 9.69 Å². The Morgan fingerprint density at radius 1 is 1.15 bits per heavy atom. The third-order valence-corrected chi connectivity index (χ3v) is 6.00. The molecule has 1 amide bonds. The molecule has 1 aromatic rings. The summed E-state index contributed by atoms with van der Waals surface area (Å²) in [5.74, 6) is 0.585. The average Bonchev–Trinajstić information content (AvgIpc) is 3.00. The van der Waals surface area contributed by atoms with E-state index in [0.717, 1.165) is 44.6 Å². The Labute approximate surface area is 162 Å². The molecule has 27 heavy (non-hydrogen) atoms. The maximum Gasteiger partial charge on any atom is 0.410 e. The van der Waals surface area contributed by atoms with Gasteiger partial charge in [0.25, 0.3) is 0 Å². The Bertz CT molecular complexity index is 683. The molecule has 2 heterocycles. The first kappa shape index (κ1) is 19.9. The average molecular weight is 373 g/mol. The quantitative estimate of drug-likeness (QED) is 0.757. The molecular weight excluding hydrogens is 340 g/mol. The van der Waals surface area contributed by atoms with Crippen molar-refractivity contribution in [2.75, 3.05) is 32.7 Å². The second-order valence-corrected chi connectivity index (χ2v) is 9.19. The number of ether oxygens (including phenoxy) is 1. The molecule has 0 aliphatic carbocycles. The fourth-order valence-electron chi connectivity index (χ4n) is 4.36. The summed E-state index contributed by atoms with van der Waals surface area (Å²) in [6.07, 6.45) is 1.86. The molecule has 0 unspecified atom stereocenters. The van der Waals surface area contributed by atoms with Crippen LogP contribution in [-0.4, -0.2) is 60.0 Å². The van der Waals surface area contributed by atoms with Crippen LogP contribution in [0.25, 0.3) is 0 Å². The van der Waals surface area contributed by atoms with Crippen molar-refractivity contribution < 1.29 is 14.3 Å². The van der Waals surface area contributed by atoms with Gasteiger partial charge in [0.15, 0.2) is 5.78 Å². The Morgan fingerprint density at radius 2 is 1.81 bits per heavy atom. The van der Waals surface area contributed by atoms with Gasteiger partial charge in [-0.1, -0.05) is 37.3 Å². The Balaban J connectivity index is 1.56. The number of amides is 1. The fraction of sp³-hybridized carbons (Fsp3) is 0.636. The summed E-state index contributed by atoms with van der Waals surface area (Å²) in [5, 5.41) is 0. The smallest absolute Gasteiger partial charge is 0.410 e. The van der Waals surface area contributed by atoms with Crippen LogP contribution < -0.4 is 0 Å². The number of benzene rings is 1.